The SMILES string of the molecule is CCCC1CCC(CN)(OCc2cccc(C)c2)CC1. The van der Waals surface area contributed by atoms with E-state index in [2.05, 4.69) is 38.1 Å². The van der Waals surface area contributed by atoms with Gasteiger partial charge in [-0.25, -0.2) is 0 Å². The lowest BCUT2D eigenvalue weighted by Crippen LogP contribution is -2.43. The van der Waals surface area contributed by atoms with Crippen LogP contribution in [0.2, 0.25) is 0 Å². The molecule has 1 aromatic carbocycles. The predicted octanol–water partition coefficient (Wildman–Crippen LogP) is 4.20. The molecule has 0 aromatic heterocycles. The average Bonchev–Trinajstić information content (AvgIpc) is 2.47. The highest BCUT2D eigenvalue weighted by Crippen LogP contribution is 2.36. The smallest absolute Gasteiger partial charge is 0.0808 e. The highest BCUT2D eigenvalue weighted by Gasteiger charge is 2.34. The Bertz CT molecular complexity index is 408. The molecule has 0 bridgehead atoms. The maximum atomic E-state index is 6.26. The molecule has 112 valence electrons. The zero-order chi connectivity index (χ0) is 14.4. The number of ether oxygens (including phenoxy) is 1. The largest absolute Gasteiger partial charge is 0.369 e. The Hall–Kier alpha value is -0.860. The first-order valence-electron chi connectivity index (χ1n) is 8.07. The molecule has 0 spiro atoms. The summed E-state index contributed by atoms with van der Waals surface area (Å²) in [5, 5.41) is 0. The van der Waals surface area contributed by atoms with Gasteiger partial charge < -0.3 is 10.5 Å². The van der Waals surface area contributed by atoms with Crippen LogP contribution in [0.15, 0.2) is 24.3 Å². The quantitative estimate of drug-likeness (QED) is 0.844. The van der Waals surface area contributed by atoms with E-state index >= 15 is 0 Å². The number of hydrogen-bond donors (Lipinski definition) is 1. The summed E-state index contributed by atoms with van der Waals surface area (Å²) in [4.78, 5) is 0. The molecule has 0 atom stereocenters. The van der Waals surface area contributed by atoms with E-state index in [4.69, 9.17) is 10.5 Å². The Morgan fingerprint density at radius 1 is 1.30 bits per heavy atom. The third-order valence-corrected chi connectivity index (χ3v) is 4.71. The van der Waals surface area contributed by atoms with Crippen molar-refractivity contribution in [2.45, 2.75) is 64.6 Å². The summed E-state index contributed by atoms with van der Waals surface area (Å²) in [6.45, 7) is 5.74. The second-order valence-electron chi connectivity index (χ2n) is 6.40. The Morgan fingerprint density at radius 3 is 2.65 bits per heavy atom. The van der Waals surface area contributed by atoms with Crippen molar-refractivity contribution in [2.75, 3.05) is 6.54 Å². The van der Waals surface area contributed by atoms with E-state index in [0.29, 0.717) is 13.2 Å². The zero-order valence-electron chi connectivity index (χ0n) is 13.0. The Labute approximate surface area is 123 Å². The van der Waals surface area contributed by atoms with Crippen molar-refractivity contribution in [1.29, 1.82) is 0 Å². The van der Waals surface area contributed by atoms with Crippen molar-refractivity contribution >= 4 is 0 Å². The molecule has 1 aromatic rings. The van der Waals surface area contributed by atoms with Gasteiger partial charge in [-0.2, -0.15) is 0 Å². The van der Waals surface area contributed by atoms with Crippen molar-refractivity contribution in [3.63, 3.8) is 0 Å². The van der Waals surface area contributed by atoms with Gasteiger partial charge in [0.25, 0.3) is 0 Å². The summed E-state index contributed by atoms with van der Waals surface area (Å²) in [6, 6.07) is 8.56. The number of hydrogen-bond acceptors (Lipinski definition) is 2. The van der Waals surface area contributed by atoms with Crippen molar-refractivity contribution in [3.05, 3.63) is 35.4 Å². The molecule has 2 N–H and O–H groups in total. The Kier molecular flexibility index (Phi) is 5.62. The highest BCUT2D eigenvalue weighted by molar-refractivity contribution is 5.21. The average molecular weight is 275 g/mol. The molecular formula is C18H29NO. The van der Waals surface area contributed by atoms with Crippen LogP contribution in [0, 0.1) is 12.8 Å². The van der Waals surface area contributed by atoms with Gasteiger partial charge in [-0.3, -0.25) is 0 Å². The minimum absolute atomic E-state index is 0.0754. The molecule has 0 unspecified atom stereocenters. The summed E-state index contributed by atoms with van der Waals surface area (Å²) in [5.74, 6) is 0.891. The standard InChI is InChI=1S/C18H29NO/c1-3-5-16-8-10-18(14-19,11-9-16)20-13-17-7-4-6-15(2)12-17/h4,6-7,12,16H,3,5,8-11,13-14,19H2,1-2H3. The number of benzene rings is 1. The zero-order valence-corrected chi connectivity index (χ0v) is 13.0. The van der Waals surface area contributed by atoms with E-state index in [1.165, 1.54) is 36.8 Å². The molecular weight excluding hydrogens is 246 g/mol. The van der Waals surface area contributed by atoms with E-state index in [1.54, 1.807) is 0 Å². The molecule has 2 nitrogen and oxygen atoms in total. The topological polar surface area (TPSA) is 35.2 Å². The lowest BCUT2D eigenvalue weighted by atomic mass is 9.77. The van der Waals surface area contributed by atoms with Crippen LogP contribution in [-0.4, -0.2) is 12.1 Å². The van der Waals surface area contributed by atoms with Crippen LogP contribution in [0.4, 0.5) is 0 Å². The van der Waals surface area contributed by atoms with Crippen LogP contribution in [-0.2, 0) is 11.3 Å². The van der Waals surface area contributed by atoms with Crippen LogP contribution in [0.3, 0.4) is 0 Å². The molecule has 2 heteroatoms. The van der Waals surface area contributed by atoms with Crippen molar-refractivity contribution in [1.82, 2.24) is 0 Å². The second kappa shape index (κ2) is 7.24. The van der Waals surface area contributed by atoms with E-state index in [1.807, 2.05) is 0 Å². The van der Waals surface area contributed by atoms with Crippen LogP contribution in [0.1, 0.15) is 56.6 Å². The fourth-order valence-electron chi connectivity index (χ4n) is 3.35. The Morgan fingerprint density at radius 2 is 2.05 bits per heavy atom. The third kappa shape index (κ3) is 4.07. The highest BCUT2D eigenvalue weighted by atomic mass is 16.5. The number of nitrogens with two attached hydrogens (primary N) is 1. The normalized spacial score (nSPS) is 26.6. The number of rotatable bonds is 6. The monoisotopic (exact) mass is 275 g/mol. The van der Waals surface area contributed by atoms with Gasteiger partial charge in [-0.05, 0) is 44.1 Å². The van der Waals surface area contributed by atoms with Gasteiger partial charge in [-0.15, -0.1) is 0 Å². The second-order valence-corrected chi connectivity index (χ2v) is 6.40. The lowest BCUT2D eigenvalue weighted by Gasteiger charge is -2.39. The maximum absolute atomic E-state index is 6.26. The molecule has 1 fully saturated rings. The summed E-state index contributed by atoms with van der Waals surface area (Å²) in [6.07, 6.45) is 7.46. The van der Waals surface area contributed by atoms with Crippen LogP contribution >= 0.6 is 0 Å². The first-order chi connectivity index (χ1) is 9.67. The molecule has 20 heavy (non-hydrogen) atoms. The van der Waals surface area contributed by atoms with Crippen molar-refractivity contribution < 1.29 is 4.74 Å². The summed E-state index contributed by atoms with van der Waals surface area (Å²) < 4.78 is 6.26. The van der Waals surface area contributed by atoms with E-state index in [-0.39, 0.29) is 5.60 Å². The van der Waals surface area contributed by atoms with Gasteiger partial charge in [-0.1, -0.05) is 49.6 Å². The first-order valence-corrected chi connectivity index (χ1v) is 8.07. The molecule has 0 heterocycles. The summed E-state index contributed by atoms with van der Waals surface area (Å²) >= 11 is 0. The molecule has 0 amide bonds. The number of aryl methyl sites for hydroxylation is 1. The first kappa shape index (κ1) is 15.5. The van der Waals surface area contributed by atoms with Gasteiger partial charge in [0.1, 0.15) is 0 Å². The molecule has 1 saturated carbocycles. The molecule has 2 rings (SSSR count). The van der Waals surface area contributed by atoms with E-state index in [9.17, 15) is 0 Å². The van der Waals surface area contributed by atoms with E-state index in [0.717, 1.165) is 18.8 Å². The summed E-state index contributed by atoms with van der Waals surface area (Å²) in [7, 11) is 0. The fourth-order valence-corrected chi connectivity index (χ4v) is 3.35. The van der Waals surface area contributed by atoms with Crippen LogP contribution in [0.5, 0.6) is 0 Å². The fraction of sp³-hybridized carbons (Fsp3) is 0.667. The van der Waals surface area contributed by atoms with Crippen molar-refractivity contribution in [3.8, 4) is 0 Å². The molecule has 1 aliphatic carbocycles. The summed E-state index contributed by atoms with van der Waals surface area (Å²) in [5.41, 5.74) is 8.50. The lowest BCUT2D eigenvalue weighted by molar-refractivity contribution is -0.0816. The van der Waals surface area contributed by atoms with Gasteiger partial charge in [0.05, 0.1) is 12.2 Å². The minimum Gasteiger partial charge on any atom is -0.369 e. The van der Waals surface area contributed by atoms with E-state index < -0.39 is 0 Å². The van der Waals surface area contributed by atoms with Gasteiger partial charge in [0.15, 0.2) is 0 Å². The van der Waals surface area contributed by atoms with Gasteiger partial charge in [0, 0.05) is 6.54 Å². The third-order valence-electron chi connectivity index (χ3n) is 4.71. The molecule has 0 saturated heterocycles. The minimum atomic E-state index is -0.0754. The predicted molar refractivity (Wildman–Crippen MR) is 84.6 cm³/mol. The van der Waals surface area contributed by atoms with Crippen molar-refractivity contribution in [2.24, 2.45) is 11.7 Å². The Balaban J connectivity index is 1.89. The van der Waals surface area contributed by atoms with Gasteiger partial charge >= 0.3 is 0 Å². The molecule has 1 aliphatic rings. The maximum Gasteiger partial charge on any atom is 0.0808 e. The van der Waals surface area contributed by atoms with Crippen LogP contribution in [0.25, 0.3) is 0 Å². The molecule has 0 radical (unpaired) electrons. The molecule has 0 aliphatic heterocycles. The van der Waals surface area contributed by atoms with Gasteiger partial charge in [0.2, 0.25) is 0 Å². The van der Waals surface area contributed by atoms with Crippen LogP contribution < -0.4 is 5.73 Å².